The maximum absolute atomic E-state index is 13.9. The van der Waals surface area contributed by atoms with E-state index in [1.165, 1.54) is 20.3 Å². The van der Waals surface area contributed by atoms with Crippen LogP contribution in [0.2, 0.25) is 0 Å². The molecule has 1 fully saturated rings. The second-order valence-electron chi connectivity index (χ2n) is 4.83. The first-order valence-corrected chi connectivity index (χ1v) is 6.42. The molecular formula is C14H16FNO5. The Hall–Kier alpha value is -2.31. The predicted molar refractivity (Wildman–Crippen MR) is 71.1 cm³/mol. The lowest BCUT2D eigenvalue weighted by molar-refractivity contribution is -0.145. The summed E-state index contributed by atoms with van der Waals surface area (Å²) in [7, 11) is 2.71. The van der Waals surface area contributed by atoms with Crippen LogP contribution in [0.1, 0.15) is 23.2 Å². The Balaban J connectivity index is 2.14. The molecule has 1 saturated carbocycles. The number of amides is 1. The van der Waals surface area contributed by atoms with Crippen LogP contribution in [0.15, 0.2) is 12.1 Å². The normalized spacial score (nSPS) is 20.3. The van der Waals surface area contributed by atoms with Crippen LogP contribution < -0.4 is 14.8 Å². The van der Waals surface area contributed by atoms with E-state index in [0.717, 1.165) is 6.07 Å². The van der Waals surface area contributed by atoms with Crippen molar-refractivity contribution in [1.29, 1.82) is 0 Å². The van der Waals surface area contributed by atoms with E-state index in [2.05, 4.69) is 5.32 Å². The number of methoxy groups -OCH3 is 2. The molecule has 0 heterocycles. The average molecular weight is 297 g/mol. The molecule has 1 amide bonds. The van der Waals surface area contributed by atoms with Crippen LogP contribution in [0.3, 0.4) is 0 Å². The minimum Gasteiger partial charge on any atom is -0.493 e. The number of carboxylic acids is 1. The van der Waals surface area contributed by atoms with Gasteiger partial charge in [0, 0.05) is 6.04 Å². The molecule has 1 aliphatic rings. The number of carbonyl (C=O) groups is 2. The molecule has 1 aromatic rings. The smallest absolute Gasteiger partial charge is 0.306 e. The minimum absolute atomic E-state index is 0.0177. The van der Waals surface area contributed by atoms with Crippen LogP contribution in [0.4, 0.5) is 4.39 Å². The highest BCUT2D eigenvalue weighted by Gasteiger charge is 2.36. The molecule has 0 spiro atoms. The van der Waals surface area contributed by atoms with Gasteiger partial charge in [-0.05, 0) is 25.0 Å². The molecule has 0 aromatic heterocycles. The van der Waals surface area contributed by atoms with Gasteiger partial charge in [0.1, 0.15) is 11.4 Å². The summed E-state index contributed by atoms with van der Waals surface area (Å²) in [5.74, 6) is -2.43. The molecule has 0 atom stereocenters. The van der Waals surface area contributed by atoms with Crippen molar-refractivity contribution >= 4 is 11.9 Å². The largest absolute Gasteiger partial charge is 0.493 e. The van der Waals surface area contributed by atoms with E-state index in [1.807, 2.05) is 0 Å². The Kier molecular flexibility index (Phi) is 4.30. The van der Waals surface area contributed by atoms with Crippen molar-refractivity contribution in [1.82, 2.24) is 5.32 Å². The second kappa shape index (κ2) is 5.99. The van der Waals surface area contributed by atoms with Crippen molar-refractivity contribution in [3.05, 3.63) is 23.5 Å². The van der Waals surface area contributed by atoms with Crippen LogP contribution in [0, 0.1) is 11.7 Å². The monoisotopic (exact) mass is 297 g/mol. The van der Waals surface area contributed by atoms with Crippen molar-refractivity contribution in [2.24, 2.45) is 5.92 Å². The molecule has 2 N–H and O–H groups in total. The Bertz CT molecular complexity index is 569. The number of aliphatic carboxylic acids is 1. The van der Waals surface area contributed by atoms with E-state index in [1.54, 1.807) is 0 Å². The molecule has 0 unspecified atom stereocenters. The van der Waals surface area contributed by atoms with Gasteiger partial charge < -0.3 is 19.9 Å². The fraction of sp³-hybridized carbons (Fsp3) is 0.429. The van der Waals surface area contributed by atoms with Crippen molar-refractivity contribution in [2.45, 2.75) is 18.9 Å². The van der Waals surface area contributed by atoms with Gasteiger partial charge in [-0.3, -0.25) is 9.59 Å². The van der Waals surface area contributed by atoms with Crippen molar-refractivity contribution in [3.8, 4) is 11.5 Å². The minimum atomic E-state index is -0.884. The highest BCUT2D eigenvalue weighted by molar-refractivity contribution is 5.98. The summed E-state index contributed by atoms with van der Waals surface area (Å²) < 4.78 is 24.0. The zero-order valence-electron chi connectivity index (χ0n) is 11.7. The molecule has 1 aliphatic carbocycles. The van der Waals surface area contributed by atoms with Crippen LogP contribution >= 0.6 is 0 Å². The summed E-state index contributed by atoms with van der Waals surface area (Å²) in [6.07, 6.45) is 0.684. The molecular weight excluding hydrogens is 281 g/mol. The number of nitrogens with one attached hydrogen (secondary N) is 1. The lowest BCUT2D eigenvalue weighted by Gasteiger charge is -2.33. The van der Waals surface area contributed by atoms with Crippen molar-refractivity contribution in [2.75, 3.05) is 14.2 Å². The summed E-state index contributed by atoms with van der Waals surface area (Å²) >= 11 is 0. The molecule has 0 aliphatic heterocycles. The number of ether oxygens (including phenoxy) is 2. The van der Waals surface area contributed by atoms with Gasteiger partial charge in [0.05, 0.1) is 20.1 Å². The topological polar surface area (TPSA) is 84.9 Å². The highest BCUT2D eigenvalue weighted by Crippen LogP contribution is 2.34. The third-order valence-electron chi connectivity index (χ3n) is 3.54. The molecule has 114 valence electrons. The summed E-state index contributed by atoms with van der Waals surface area (Å²) in [6, 6.07) is 2.22. The second-order valence-corrected chi connectivity index (χ2v) is 4.83. The molecule has 2 rings (SSSR count). The lowest BCUT2D eigenvalue weighted by Crippen LogP contribution is -2.46. The Morgan fingerprint density at radius 3 is 2.48 bits per heavy atom. The lowest BCUT2D eigenvalue weighted by atomic mass is 9.80. The first-order valence-electron chi connectivity index (χ1n) is 6.42. The van der Waals surface area contributed by atoms with Gasteiger partial charge in [0.15, 0.2) is 11.5 Å². The van der Waals surface area contributed by atoms with Crippen LogP contribution in [-0.4, -0.2) is 37.2 Å². The highest BCUT2D eigenvalue weighted by atomic mass is 19.1. The fourth-order valence-electron chi connectivity index (χ4n) is 2.31. The van der Waals surface area contributed by atoms with E-state index < -0.39 is 23.6 Å². The number of carbonyl (C=O) groups excluding carboxylic acids is 1. The number of hydrogen-bond acceptors (Lipinski definition) is 4. The van der Waals surface area contributed by atoms with Gasteiger partial charge in [-0.1, -0.05) is 0 Å². The van der Waals surface area contributed by atoms with Crippen LogP contribution in [0.5, 0.6) is 11.5 Å². The Morgan fingerprint density at radius 2 is 1.95 bits per heavy atom. The van der Waals surface area contributed by atoms with Crippen LogP contribution in [0.25, 0.3) is 0 Å². The molecule has 0 bridgehead atoms. The Morgan fingerprint density at radius 1 is 1.29 bits per heavy atom. The van der Waals surface area contributed by atoms with Crippen molar-refractivity contribution < 1.29 is 28.6 Å². The Labute approximate surface area is 120 Å². The predicted octanol–water partition coefficient (Wildman–Crippen LogP) is 1.44. The number of carboxylic acid groups (broad SMARTS) is 1. The van der Waals surface area contributed by atoms with E-state index in [9.17, 15) is 14.0 Å². The van der Waals surface area contributed by atoms with Gasteiger partial charge in [0.2, 0.25) is 0 Å². The van der Waals surface area contributed by atoms with Gasteiger partial charge in [-0.15, -0.1) is 0 Å². The van der Waals surface area contributed by atoms with Crippen LogP contribution in [-0.2, 0) is 4.79 Å². The summed E-state index contributed by atoms with van der Waals surface area (Å²) in [5.41, 5.74) is -0.240. The molecule has 6 nitrogen and oxygen atoms in total. The number of halogens is 1. The van der Waals surface area contributed by atoms with E-state index in [-0.39, 0.29) is 23.1 Å². The van der Waals surface area contributed by atoms with Gasteiger partial charge in [-0.25, -0.2) is 4.39 Å². The zero-order chi connectivity index (χ0) is 15.6. The number of benzene rings is 1. The summed E-state index contributed by atoms with van der Waals surface area (Å²) in [5, 5.41) is 11.4. The molecule has 1 aromatic carbocycles. The van der Waals surface area contributed by atoms with E-state index in [0.29, 0.717) is 12.8 Å². The standard InChI is InChI=1S/C14H16FNO5/c1-20-10-4-3-9(15)11(12(10)21-2)13(17)16-8-5-7(6-8)14(18)19/h3-4,7-8H,5-6H2,1-2H3,(H,16,17)(H,18,19). The zero-order valence-corrected chi connectivity index (χ0v) is 11.7. The maximum atomic E-state index is 13.9. The maximum Gasteiger partial charge on any atom is 0.306 e. The first kappa shape index (κ1) is 15.1. The van der Waals surface area contributed by atoms with Crippen molar-refractivity contribution in [3.63, 3.8) is 0 Å². The molecule has 0 radical (unpaired) electrons. The first-order chi connectivity index (χ1) is 9.97. The molecule has 7 heteroatoms. The van der Waals surface area contributed by atoms with E-state index in [4.69, 9.17) is 14.6 Å². The molecule has 21 heavy (non-hydrogen) atoms. The number of hydrogen-bond donors (Lipinski definition) is 2. The average Bonchev–Trinajstić information content (AvgIpc) is 2.40. The van der Waals surface area contributed by atoms with Gasteiger partial charge >= 0.3 is 5.97 Å². The SMILES string of the molecule is COc1ccc(F)c(C(=O)NC2CC(C(=O)O)C2)c1OC. The number of rotatable bonds is 5. The van der Waals surface area contributed by atoms with Gasteiger partial charge in [-0.2, -0.15) is 0 Å². The van der Waals surface area contributed by atoms with Gasteiger partial charge in [0.25, 0.3) is 5.91 Å². The summed E-state index contributed by atoms with van der Waals surface area (Å²) in [4.78, 5) is 22.9. The third kappa shape index (κ3) is 2.91. The summed E-state index contributed by atoms with van der Waals surface area (Å²) in [6.45, 7) is 0. The molecule has 0 saturated heterocycles. The third-order valence-corrected chi connectivity index (χ3v) is 3.54. The van der Waals surface area contributed by atoms with E-state index >= 15 is 0 Å². The quantitative estimate of drug-likeness (QED) is 0.859. The fourth-order valence-corrected chi connectivity index (χ4v) is 2.31.